The summed E-state index contributed by atoms with van der Waals surface area (Å²) in [6.45, 7) is 6.01. The van der Waals surface area contributed by atoms with E-state index in [-0.39, 0.29) is 11.7 Å². The fraction of sp³-hybridized carbons (Fsp3) is 0.909. The second-order valence-electron chi connectivity index (χ2n) is 4.61. The van der Waals surface area contributed by atoms with Crippen molar-refractivity contribution in [3.63, 3.8) is 0 Å². The van der Waals surface area contributed by atoms with E-state index < -0.39 is 5.54 Å². The second-order valence-corrected chi connectivity index (χ2v) is 4.61. The van der Waals surface area contributed by atoms with Crippen LogP contribution in [-0.2, 0) is 4.79 Å². The van der Waals surface area contributed by atoms with Crippen LogP contribution in [0.3, 0.4) is 0 Å². The van der Waals surface area contributed by atoms with E-state index in [0.29, 0.717) is 5.92 Å². The van der Waals surface area contributed by atoms with Gasteiger partial charge in [0.15, 0.2) is 5.78 Å². The highest BCUT2D eigenvalue weighted by Crippen LogP contribution is 2.39. The molecule has 0 aliphatic heterocycles. The topological polar surface area (TPSA) is 43.1 Å². The molecule has 1 aliphatic rings. The highest BCUT2D eigenvalue weighted by atomic mass is 16.1. The smallest absolute Gasteiger partial charge is 0.155 e. The van der Waals surface area contributed by atoms with E-state index in [0.717, 1.165) is 25.7 Å². The molecule has 0 amide bonds. The van der Waals surface area contributed by atoms with Gasteiger partial charge in [0.1, 0.15) is 0 Å². The normalized spacial score (nSPS) is 23.7. The van der Waals surface area contributed by atoms with Crippen LogP contribution in [0.2, 0.25) is 0 Å². The van der Waals surface area contributed by atoms with Crippen LogP contribution in [0.15, 0.2) is 0 Å². The Morgan fingerprint density at radius 2 is 2.15 bits per heavy atom. The molecule has 2 heteroatoms. The summed E-state index contributed by atoms with van der Waals surface area (Å²) in [6, 6.07) is 0. The van der Waals surface area contributed by atoms with Crippen LogP contribution in [0.1, 0.15) is 46.5 Å². The zero-order valence-corrected chi connectivity index (χ0v) is 8.97. The quantitative estimate of drug-likeness (QED) is 0.709. The van der Waals surface area contributed by atoms with E-state index in [1.165, 1.54) is 0 Å². The molecule has 0 spiro atoms. The zero-order valence-electron chi connectivity index (χ0n) is 8.97. The maximum absolute atomic E-state index is 11.9. The Morgan fingerprint density at radius 1 is 1.62 bits per heavy atom. The van der Waals surface area contributed by atoms with Gasteiger partial charge in [0.25, 0.3) is 0 Å². The molecule has 2 unspecified atom stereocenters. The van der Waals surface area contributed by atoms with E-state index in [4.69, 9.17) is 5.73 Å². The van der Waals surface area contributed by atoms with Gasteiger partial charge >= 0.3 is 0 Å². The number of Topliss-reactive ketones (excluding diaryl/α,β-unsaturated/α-hetero) is 1. The third-order valence-electron chi connectivity index (χ3n) is 3.13. The summed E-state index contributed by atoms with van der Waals surface area (Å²) in [6.07, 6.45) is 4.31. The maximum atomic E-state index is 11.9. The van der Waals surface area contributed by atoms with Crippen molar-refractivity contribution in [3.05, 3.63) is 0 Å². The molecule has 76 valence electrons. The van der Waals surface area contributed by atoms with Crippen molar-refractivity contribution in [2.75, 3.05) is 0 Å². The standard InChI is InChI=1S/C11H21NO/c1-4-5-8(2)10(13)11(3,12)9-6-7-9/h8-9H,4-7,12H2,1-3H3. The summed E-state index contributed by atoms with van der Waals surface area (Å²) in [7, 11) is 0. The Hall–Kier alpha value is -0.370. The van der Waals surface area contributed by atoms with Crippen LogP contribution < -0.4 is 5.73 Å². The third kappa shape index (κ3) is 2.31. The summed E-state index contributed by atoms with van der Waals surface area (Å²) in [4.78, 5) is 11.9. The maximum Gasteiger partial charge on any atom is 0.155 e. The highest BCUT2D eigenvalue weighted by molar-refractivity contribution is 5.90. The van der Waals surface area contributed by atoms with Crippen LogP contribution in [0.5, 0.6) is 0 Å². The van der Waals surface area contributed by atoms with Gasteiger partial charge in [0, 0.05) is 5.92 Å². The van der Waals surface area contributed by atoms with Gasteiger partial charge in [-0.15, -0.1) is 0 Å². The van der Waals surface area contributed by atoms with E-state index in [1.807, 2.05) is 13.8 Å². The molecule has 1 rings (SSSR count). The van der Waals surface area contributed by atoms with Crippen LogP contribution in [0.25, 0.3) is 0 Å². The molecule has 0 bridgehead atoms. The Morgan fingerprint density at radius 3 is 2.54 bits per heavy atom. The number of nitrogens with two attached hydrogens (primary N) is 1. The van der Waals surface area contributed by atoms with Crippen molar-refractivity contribution in [2.24, 2.45) is 17.6 Å². The third-order valence-corrected chi connectivity index (χ3v) is 3.13. The van der Waals surface area contributed by atoms with Crippen LogP contribution in [0.4, 0.5) is 0 Å². The lowest BCUT2D eigenvalue weighted by Gasteiger charge is -2.26. The van der Waals surface area contributed by atoms with Crippen LogP contribution in [-0.4, -0.2) is 11.3 Å². The lowest BCUT2D eigenvalue weighted by atomic mass is 9.83. The minimum absolute atomic E-state index is 0.139. The molecule has 2 nitrogen and oxygen atoms in total. The molecule has 13 heavy (non-hydrogen) atoms. The van der Waals surface area contributed by atoms with Crippen LogP contribution >= 0.6 is 0 Å². The predicted octanol–water partition coefficient (Wildman–Crippen LogP) is 2.12. The van der Waals surface area contributed by atoms with E-state index in [1.54, 1.807) is 0 Å². The van der Waals surface area contributed by atoms with Crippen molar-refractivity contribution < 1.29 is 4.79 Å². The van der Waals surface area contributed by atoms with Gasteiger partial charge in [-0.3, -0.25) is 4.79 Å². The first-order valence-corrected chi connectivity index (χ1v) is 5.33. The Bertz CT molecular complexity index is 194. The second kappa shape index (κ2) is 3.79. The molecule has 1 saturated carbocycles. The average molecular weight is 183 g/mol. The van der Waals surface area contributed by atoms with Crippen molar-refractivity contribution >= 4 is 5.78 Å². The molecular weight excluding hydrogens is 162 g/mol. The van der Waals surface area contributed by atoms with Crippen LogP contribution in [0, 0.1) is 11.8 Å². The lowest BCUT2D eigenvalue weighted by Crippen LogP contribution is -2.49. The van der Waals surface area contributed by atoms with Gasteiger partial charge in [-0.1, -0.05) is 20.3 Å². The van der Waals surface area contributed by atoms with Gasteiger partial charge in [-0.25, -0.2) is 0 Å². The summed E-state index contributed by atoms with van der Waals surface area (Å²) < 4.78 is 0. The molecular formula is C11H21NO. The summed E-state index contributed by atoms with van der Waals surface area (Å²) in [5.74, 6) is 0.858. The first-order chi connectivity index (χ1) is 6.00. The molecule has 1 fully saturated rings. The fourth-order valence-electron chi connectivity index (χ4n) is 1.98. The van der Waals surface area contributed by atoms with Crippen molar-refractivity contribution in [1.29, 1.82) is 0 Å². The number of carbonyl (C=O) groups excluding carboxylic acids is 1. The number of hydrogen-bond donors (Lipinski definition) is 1. The number of hydrogen-bond acceptors (Lipinski definition) is 2. The number of rotatable bonds is 5. The van der Waals surface area contributed by atoms with Gasteiger partial charge in [-0.2, -0.15) is 0 Å². The fourth-order valence-corrected chi connectivity index (χ4v) is 1.98. The van der Waals surface area contributed by atoms with E-state index in [2.05, 4.69) is 6.92 Å². The number of ketones is 1. The minimum atomic E-state index is -0.547. The molecule has 2 atom stereocenters. The molecule has 0 radical (unpaired) electrons. The Balaban J connectivity index is 2.54. The van der Waals surface area contributed by atoms with Gasteiger partial charge in [0.2, 0.25) is 0 Å². The summed E-state index contributed by atoms with van der Waals surface area (Å²) in [5, 5.41) is 0. The molecule has 0 heterocycles. The summed E-state index contributed by atoms with van der Waals surface area (Å²) in [5.41, 5.74) is 5.50. The number of carbonyl (C=O) groups is 1. The molecule has 2 N–H and O–H groups in total. The van der Waals surface area contributed by atoms with Gasteiger partial charge < -0.3 is 5.73 Å². The van der Waals surface area contributed by atoms with Crippen molar-refractivity contribution in [3.8, 4) is 0 Å². The first-order valence-electron chi connectivity index (χ1n) is 5.33. The molecule has 1 aliphatic carbocycles. The average Bonchev–Trinajstić information content (AvgIpc) is 2.85. The summed E-state index contributed by atoms with van der Waals surface area (Å²) >= 11 is 0. The monoisotopic (exact) mass is 183 g/mol. The molecule has 0 aromatic rings. The molecule has 0 saturated heterocycles. The largest absolute Gasteiger partial charge is 0.319 e. The van der Waals surface area contributed by atoms with Gasteiger partial charge in [0.05, 0.1) is 5.54 Å². The molecule has 0 aromatic carbocycles. The predicted molar refractivity (Wildman–Crippen MR) is 54.4 cm³/mol. The van der Waals surface area contributed by atoms with E-state index in [9.17, 15) is 4.79 Å². The zero-order chi connectivity index (χ0) is 10.1. The SMILES string of the molecule is CCCC(C)C(=O)C(C)(N)C1CC1. The first kappa shape index (κ1) is 10.7. The highest BCUT2D eigenvalue weighted by Gasteiger charge is 2.44. The Labute approximate surface area is 80.9 Å². The lowest BCUT2D eigenvalue weighted by molar-refractivity contribution is -0.128. The van der Waals surface area contributed by atoms with Crippen molar-refractivity contribution in [1.82, 2.24) is 0 Å². The van der Waals surface area contributed by atoms with E-state index >= 15 is 0 Å². The van der Waals surface area contributed by atoms with Crippen molar-refractivity contribution in [2.45, 2.75) is 52.0 Å². The Kier molecular flexibility index (Phi) is 3.12. The minimum Gasteiger partial charge on any atom is -0.319 e. The molecule has 0 aromatic heterocycles. The van der Waals surface area contributed by atoms with Gasteiger partial charge in [-0.05, 0) is 32.1 Å².